The Morgan fingerprint density at radius 1 is 0.974 bits per heavy atom. The van der Waals surface area contributed by atoms with E-state index < -0.39 is 5.97 Å². The van der Waals surface area contributed by atoms with Gasteiger partial charge in [-0.1, -0.05) is 59.9 Å². The van der Waals surface area contributed by atoms with Crippen LogP contribution in [0.2, 0.25) is 0 Å². The van der Waals surface area contributed by atoms with E-state index in [2.05, 4.69) is 12.1 Å². The molecule has 0 radical (unpaired) electrons. The minimum atomic E-state index is -0.419. The molecule has 2 aliphatic rings. The van der Waals surface area contributed by atoms with Gasteiger partial charge in [0.05, 0.1) is 30.5 Å². The van der Waals surface area contributed by atoms with Crippen molar-refractivity contribution in [2.75, 3.05) is 14.2 Å². The fourth-order valence-electron chi connectivity index (χ4n) is 5.33. The zero-order valence-electron chi connectivity index (χ0n) is 21.8. The largest absolute Gasteiger partial charge is 0.493 e. The number of ether oxygens (including phenoxy) is 3. The number of benzene rings is 3. The molecule has 0 N–H and O–H groups in total. The van der Waals surface area contributed by atoms with Gasteiger partial charge in [-0.25, -0.2) is 4.99 Å². The molecular weight excluding hydrogens is 512 g/mol. The highest BCUT2D eigenvalue weighted by Gasteiger charge is 2.33. The summed E-state index contributed by atoms with van der Waals surface area (Å²) in [7, 11) is 3.21. The quantitative estimate of drug-likeness (QED) is 0.280. The minimum Gasteiger partial charge on any atom is -0.493 e. The molecule has 2 heterocycles. The van der Waals surface area contributed by atoms with Gasteiger partial charge >= 0.3 is 5.97 Å². The van der Waals surface area contributed by atoms with Crippen molar-refractivity contribution in [2.24, 2.45) is 4.99 Å². The number of carbonyl (C=O) groups is 1. The maximum absolute atomic E-state index is 14.0. The monoisotopic (exact) mass is 538 g/mol. The van der Waals surface area contributed by atoms with Crippen LogP contribution in [0.4, 0.5) is 0 Å². The molecule has 4 aromatic rings. The second kappa shape index (κ2) is 10.0. The second-order valence-electron chi connectivity index (χ2n) is 9.36. The van der Waals surface area contributed by atoms with Crippen LogP contribution >= 0.6 is 11.3 Å². The van der Waals surface area contributed by atoms with Gasteiger partial charge in [-0.2, -0.15) is 0 Å². The van der Waals surface area contributed by atoms with Crippen LogP contribution in [-0.2, 0) is 11.2 Å². The molecule has 0 unspecified atom stereocenters. The predicted octanol–water partition coefficient (Wildman–Crippen LogP) is 4.26. The maximum Gasteiger partial charge on any atom is 0.308 e. The van der Waals surface area contributed by atoms with Gasteiger partial charge in [0.1, 0.15) is 5.75 Å². The van der Waals surface area contributed by atoms with E-state index in [1.807, 2.05) is 42.5 Å². The average molecular weight is 539 g/mol. The first-order valence-corrected chi connectivity index (χ1v) is 13.4. The molecule has 3 aromatic carbocycles. The van der Waals surface area contributed by atoms with Gasteiger partial charge < -0.3 is 14.2 Å². The molecule has 7 nitrogen and oxygen atoms in total. The predicted molar refractivity (Wildman–Crippen MR) is 150 cm³/mol. The zero-order valence-corrected chi connectivity index (χ0v) is 22.6. The number of methoxy groups -OCH3 is 2. The smallest absolute Gasteiger partial charge is 0.308 e. The van der Waals surface area contributed by atoms with E-state index in [1.165, 1.54) is 23.8 Å². The van der Waals surface area contributed by atoms with Crippen molar-refractivity contribution in [3.63, 3.8) is 0 Å². The highest BCUT2D eigenvalue weighted by atomic mass is 32.1. The Hall–Kier alpha value is -4.43. The highest BCUT2D eigenvalue weighted by Crippen LogP contribution is 2.42. The van der Waals surface area contributed by atoms with Crippen LogP contribution in [0, 0.1) is 0 Å². The van der Waals surface area contributed by atoms with Crippen LogP contribution in [0.1, 0.15) is 41.6 Å². The van der Waals surface area contributed by atoms with Crippen LogP contribution in [0.25, 0.3) is 11.8 Å². The van der Waals surface area contributed by atoms with Crippen LogP contribution in [0.5, 0.6) is 17.2 Å². The molecule has 0 saturated heterocycles. The maximum atomic E-state index is 14.0. The van der Waals surface area contributed by atoms with Crippen molar-refractivity contribution < 1.29 is 19.0 Å². The molecule has 0 bridgehead atoms. The van der Waals surface area contributed by atoms with Crippen molar-refractivity contribution >= 4 is 29.1 Å². The fraction of sp³-hybridized carbons (Fsp3) is 0.194. The lowest BCUT2D eigenvalue weighted by molar-refractivity contribution is -0.131. The van der Waals surface area contributed by atoms with E-state index in [1.54, 1.807) is 37.0 Å². The SMILES string of the molecule is COc1ccc([C@@H]2C3=C(N=c4s/c(=C/c5ccccc5OC(C)=O)c(=O)n42)c2ccccc2CC3)cc1OC. The van der Waals surface area contributed by atoms with Crippen molar-refractivity contribution in [1.82, 2.24) is 4.57 Å². The molecule has 1 aliphatic heterocycles. The van der Waals surface area contributed by atoms with Crippen LogP contribution < -0.4 is 29.1 Å². The number of thiazole rings is 1. The third-order valence-electron chi connectivity index (χ3n) is 7.06. The van der Waals surface area contributed by atoms with Gasteiger partial charge in [-0.15, -0.1) is 0 Å². The number of allylic oxidation sites excluding steroid dienone is 1. The zero-order chi connectivity index (χ0) is 27.1. The van der Waals surface area contributed by atoms with Gasteiger partial charge in [0.25, 0.3) is 5.56 Å². The number of aryl methyl sites for hydroxylation is 1. The van der Waals surface area contributed by atoms with Crippen molar-refractivity contribution in [3.8, 4) is 17.2 Å². The van der Waals surface area contributed by atoms with E-state index >= 15 is 0 Å². The van der Waals surface area contributed by atoms with Crippen LogP contribution in [0.15, 0.2) is 82.1 Å². The lowest BCUT2D eigenvalue weighted by atomic mass is 9.83. The third-order valence-corrected chi connectivity index (χ3v) is 8.04. The lowest BCUT2D eigenvalue weighted by Gasteiger charge is -2.31. The average Bonchev–Trinajstić information content (AvgIpc) is 3.26. The first kappa shape index (κ1) is 24.9. The Balaban J connectivity index is 1.60. The first-order chi connectivity index (χ1) is 19.0. The number of nitrogens with zero attached hydrogens (tertiary/aromatic N) is 2. The van der Waals surface area contributed by atoms with Gasteiger partial charge in [0.2, 0.25) is 0 Å². The van der Waals surface area contributed by atoms with E-state index in [4.69, 9.17) is 19.2 Å². The molecule has 1 aliphatic carbocycles. The Morgan fingerprint density at radius 2 is 1.74 bits per heavy atom. The Kier molecular flexibility index (Phi) is 6.40. The summed E-state index contributed by atoms with van der Waals surface area (Å²) in [5.74, 6) is 1.21. The molecular formula is C31H26N2O5S. The molecule has 1 aromatic heterocycles. The van der Waals surface area contributed by atoms with Crippen LogP contribution in [0.3, 0.4) is 0 Å². The molecule has 196 valence electrons. The van der Waals surface area contributed by atoms with E-state index in [0.29, 0.717) is 32.1 Å². The van der Waals surface area contributed by atoms with Gasteiger partial charge in [0.15, 0.2) is 16.3 Å². The lowest BCUT2D eigenvalue weighted by Crippen LogP contribution is -2.38. The summed E-state index contributed by atoms with van der Waals surface area (Å²) in [6, 6.07) is 20.9. The van der Waals surface area contributed by atoms with Gasteiger partial charge in [-0.3, -0.25) is 14.2 Å². The van der Waals surface area contributed by atoms with E-state index in [-0.39, 0.29) is 11.6 Å². The van der Waals surface area contributed by atoms with Crippen LogP contribution in [-0.4, -0.2) is 24.8 Å². The fourth-order valence-corrected chi connectivity index (χ4v) is 6.33. The minimum absolute atomic E-state index is 0.151. The topological polar surface area (TPSA) is 79.1 Å². The number of aromatic nitrogens is 1. The number of hydrogen-bond donors (Lipinski definition) is 0. The summed E-state index contributed by atoms with van der Waals surface area (Å²) in [4.78, 5) is 31.3. The summed E-state index contributed by atoms with van der Waals surface area (Å²) >= 11 is 1.33. The molecule has 0 amide bonds. The number of para-hydroxylation sites is 1. The second-order valence-corrected chi connectivity index (χ2v) is 10.4. The standard InChI is InChI=1S/C31H26N2O5S/c1-18(34)38-24-11-7-5-9-20(24)17-27-30(35)33-29(21-13-15-25(36-2)26(16-21)37-3)23-14-12-19-8-4-6-10-22(19)28(23)32-31(33)39-27/h4-11,13,15-17,29H,12,14H2,1-3H3/b27-17+/t29-/m1/s1. The number of carbonyl (C=O) groups excluding carboxylic acids is 1. The first-order valence-electron chi connectivity index (χ1n) is 12.6. The van der Waals surface area contributed by atoms with Crippen molar-refractivity contribution in [2.45, 2.75) is 25.8 Å². The van der Waals surface area contributed by atoms with Crippen molar-refractivity contribution in [3.05, 3.63) is 114 Å². The normalized spacial score (nSPS) is 16.1. The highest BCUT2D eigenvalue weighted by molar-refractivity contribution is 7.07. The molecule has 8 heteroatoms. The molecule has 0 spiro atoms. The van der Waals surface area contributed by atoms with E-state index in [9.17, 15) is 9.59 Å². The third kappa shape index (κ3) is 4.36. The molecule has 0 saturated carbocycles. The summed E-state index contributed by atoms with van der Waals surface area (Å²) in [5, 5.41) is 0. The summed E-state index contributed by atoms with van der Waals surface area (Å²) in [6.07, 6.45) is 3.42. The molecule has 0 fully saturated rings. The number of esters is 1. The van der Waals surface area contributed by atoms with Gasteiger partial charge in [-0.05, 0) is 53.8 Å². The van der Waals surface area contributed by atoms with Crippen molar-refractivity contribution in [1.29, 1.82) is 0 Å². The Bertz CT molecular complexity index is 1830. The number of hydrogen-bond acceptors (Lipinski definition) is 7. The molecule has 6 rings (SSSR count). The molecule has 39 heavy (non-hydrogen) atoms. The van der Waals surface area contributed by atoms with E-state index in [0.717, 1.165) is 35.2 Å². The summed E-state index contributed by atoms with van der Waals surface area (Å²) in [5.41, 5.74) is 5.78. The number of fused-ring (bicyclic) bond motifs is 3. The summed E-state index contributed by atoms with van der Waals surface area (Å²) < 4.78 is 18.7. The summed E-state index contributed by atoms with van der Waals surface area (Å²) in [6.45, 7) is 1.36. The van der Waals surface area contributed by atoms with Gasteiger partial charge in [0, 0.05) is 18.1 Å². The Labute approximate surface area is 228 Å². The molecule has 1 atom stereocenters. The Morgan fingerprint density at radius 3 is 2.54 bits per heavy atom. The number of rotatable bonds is 5.